The summed E-state index contributed by atoms with van der Waals surface area (Å²) in [5, 5.41) is 0.00339. The third-order valence-electron chi connectivity index (χ3n) is 3.93. The Labute approximate surface area is 134 Å². The highest BCUT2D eigenvalue weighted by atomic mass is 32.1. The van der Waals surface area contributed by atoms with Crippen LogP contribution in [-0.4, -0.2) is 26.2 Å². The van der Waals surface area contributed by atoms with Crippen LogP contribution in [0.15, 0.2) is 12.1 Å². The molecule has 0 amide bonds. The number of ether oxygens (including phenoxy) is 1. The molecule has 0 aliphatic carbocycles. The SMILES string of the molecule is COC(=O)c1cc2c(C(F)(F)F)cc(N3CCCCC3)[nH+]c2s1. The normalized spacial score (nSPS) is 15.9. The van der Waals surface area contributed by atoms with Crippen LogP contribution in [0.3, 0.4) is 0 Å². The Bertz CT molecular complexity index is 736. The van der Waals surface area contributed by atoms with E-state index in [2.05, 4.69) is 9.72 Å². The van der Waals surface area contributed by atoms with Crippen molar-refractivity contribution in [1.29, 1.82) is 0 Å². The number of aromatic nitrogens is 1. The van der Waals surface area contributed by atoms with E-state index >= 15 is 0 Å². The van der Waals surface area contributed by atoms with Gasteiger partial charge in [0, 0.05) is 11.5 Å². The summed E-state index contributed by atoms with van der Waals surface area (Å²) < 4.78 is 44.8. The van der Waals surface area contributed by atoms with Gasteiger partial charge in [-0.1, -0.05) is 11.3 Å². The first-order valence-electron chi connectivity index (χ1n) is 7.30. The zero-order chi connectivity index (χ0) is 16.6. The number of carbonyl (C=O) groups is 1. The molecule has 0 atom stereocenters. The van der Waals surface area contributed by atoms with E-state index in [0.29, 0.717) is 10.6 Å². The van der Waals surface area contributed by atoms with Crippen molar-refractivity contribution in [2.24, 2.45) is 0 Å². The molecule has 0 unspecified atom stereocenters. The van der Waals surface area contributed by atoms with E-state index in [4.69, 9.17) is 0 Å². The van der Waals surface area contributed by atoms with Crippen molar-refractivity contribution in [3.05, 3.63) is 22.6 Å². The lowest BCUT2D eigenvalue weighted by Crippen LogP contribution is -2.34. The molecule has 1 aliphatic heterocycles. The molecule has 0 spiro atoms. The number of pyridine rings is 1. The Morgan fingerprint density at radius 3 is 2.57 bits per heavy atom. The monoisotopic (exact) mass is 345 g/mol. The quantitative estimate of drug-likeness (QED) is 0.783. The minimum absolute atomic E-state index is 0.00339. The number of aromatic amines is 1. The lowest BCUT2D eigenvalue weighted by Gasteiger charge is -2.21. The van der Waals surface area contributed by atoms with E-state index in [9.17, 15) is 18.0 Å². The topological polar surface area (TPSA) is 43.7 Å². The fourth-order valence-corrected chi connectivity index (χ4v) is 3.79. The highest BCUT2D eigenvalue weighted by Gasteiger charge is 2.37. The van der Waals surface area contributed by atoms with Crippen molar-refractivity contribution in [3.8, 4) is 0 Å². The maximum Gasteiger partial charge on any atom is 0.417 e. The van der Waals surface area contributed by atoms with E-state index in [1.807, 2.05) is 4.90 Å². The van der Waals surface area contributed by atoms with Crippen molar-refractivity contribution in [2.75, 3.05) is 25.1 Å². The second kappa shape index (κ2) is 5.99. The van der Waals surface area contributed by atoms with E-state index in [0.717, 1.165) is 49.8 Å². The number of anilines is 1. The summed E-state index contributed by atoms with van der Waals surface area (Å²) in [6.45, 7) is 1.46. The molecule has 2 aromatic rings. The summed E-state index contributed by atoms with van der Waals surface area (Å²) in [6, 6.07) is 2.38. The highest BCUT2D eigenvalue weighted by molar-refractivity contribution is 7.20. The van der Waals surface area contributed by atoms with Gasteiger partial charge in [-0.15, -0.1) is 0 Å². The molecule has 8 heteroatoms. The van der Waals surface area contributed by atoms with Crippen LogP contribution in [0.4, 0.5) is 19.0 Å². The van der Waals surface area contributed by atoms with Crippen molar-refractivity contribution >= 4 is 33.3 Å². The second-order valence-corrected chi connectivity index (χ2v) is 6.51. The number of hydrogen-bond acceptors (Lipinski definition) is 4. The number of halogens is 3. The molecule has 0 aromatic carbocycles. The number of rotatable bonds is 2. The number of thiophene rings is 1. The molecule has 3 heterocycles. The second-order valence-electron chi connectivity index (χ2n) is 5.46. The van der Waals surface area contributed by atoms with Crippen LogP contribution in [0, 0.1) is 0 Å². The Morgan fingerprint density at radius 1 is 1.26 bits per heavy atom. The summed E-state index contributed by atoms with van der Waals surface area (Å²) in [6.07, 6.45) is -1.46. The maximum absolute atomic E-state index is 13.4. The number of fused-ring (bicyclic) bond motifs is 1. The van der Waals surface area contributed by atoms with Crippen molar-refractivity contribution < 1.29 is 27.7 Å². The smallest absolute Gasteiger partial charge is 0.417 e. The molecule has 0 saturated carbocycles. The van der Waals surface area contributed by atoms with Crippen LogP contribution >= 0.6 is 11.3 Å². The number of nitrogens with one attached hydrogen (secondary N) is 1. The van der Waals surface area contributed by atoms with Gasteiger partial charge < -0.3 is 4.74 Å². The van der Waals surface area contributed by atoms with Gasteiger partial charge in [0.05, 0.1) is 25.8 Å². The molecule has 23 heavy (non-hydrogen) atoms. The molecule has 1 N–H and O–H groups in total. The van der Waals surface area contributed by atoms with Crippen LogP contribution in [0.25, 0.3) is 10.2 Å². The largest absolute Gasteiger partial charge is 0.465 e. The number of piperidine rings is 1. The van der Waals surface area contributed by atoms with Gasteiger partial charge in [-0.2, -0.15) is 13.2 Å². The summed E-state index contributed by atoms with van der Waals surface area (Å²) in [5.74, 6) is -0.185. The molecule has 1 saturated heterocycles. The third kappa shape index (κ3) is 3.12. The van der Waals surface area contributed by atoms with Gasteiger partial charge in [0.1, 0.15) is 4.88 Å². The zero-order valence-corrected chi connectivity index (χ0v) is 13.3. The summed E-state index contributed by atoms with van der Waals surface area (Å²) in [5.41, 5.74) is -0.724. The van der Waals surface area contributed by atoms with Gasteiger partial charge in [-0.05, 0) is 25.3 Å². The van der Waals surface area contributed by atoms with Gasteiger partial charge in [-0.25, -0.2) is 9.78 Å². The minimum atomic E-state index is -4.48. The van der Waals surface area contributed by atoms with Crippen molar-refractivity contribution in [3.63, 3.8) is 0 Å². The van der Waals surface area contributed by atoms with E-state index in [1.165, 1.54) is 13.2 Å². The molecule has 0 radical (unpaired) electrons. The molecule has 3 rings (SSSR count). The molecule has 1 aliphatic rings. The Kier molecular flexibility index (Phi) is 4.18. The zero-order valence-electron chi connectivity index (χ0n) is 12.5. The Balaban J connectivity index is 2.14. The van der Waals surface area contributed by atoms with Crippen LogP contribution in [-0.2, 0) is 10.9 Å². The third-order valence-corrected chi connectivity index (χ3v) is 4.96. The van der Waals surface area contributed by atoms with Gasteiger partial charge in [0.15, 0.2) is 4.83 Å². The Morgan fingerprint density at radius 2 is 1.96 bits per heavy atom. The predicted molar refractivity (Wildman–Crippen MR) is 80.8 cm³/mol. The molecule has 1 fully saturated rings. The molecule has 0 bridgehead atoms. The number of methoxy groups -OCH3 is 1. The van der Waals surface area contributed by atoms with Gasteiger partial charge in [0.25, 0.3) is 5.82 Å². The van der Waals surface area contributed by atoms with Crippen LogP contribution < -0.4 is 9.88 Å². The average Bonchev–Trinajstić information content (AvgIpc) is 2.96. The van der Waals surface area contributed by atoms with Crippen molar-refractivity contribution in [1.82, 2.24) is 0 Å². The van der Waals surface area contributed by atoms with Crippen LogP contribution in [0.2, 0.25) is 0 Å². The molecule has 4 nitrogen and oxygen atoms in total. The van der Waals surface area contributed by atoms with E-state index < -0.39 is 17.7 Å². The number of H-pyrrole nitrogens is 1. The molecule has 124 valence electrons. The number of nitrogens with zero attached hydrogens (tertiary/aromatic N) is 1. The first kappa shape index (κ1) is 16.0. The van der Waals surface area contributed by atoms with Gasteiger partial charge in [-0.3, -0.25) is 4.90 Å². The van der Waals surface area contributed by atoms with Crippen LogP contribution in [0.5, 0.6) is 0 Å². The molecular weight excluding hydrogens is 329 g/mol. The fraction of sp³-hybridized carbons (Fsp3) is 0.467. The van der Waals surface area contributed by atoms with Crippen LogP contribution in [0.1, 0.15) is 34.5 Å². The number of esters is 1. The summed E-state index contributed by atoms with van der Waals surface area (Å²) in [4.78, 5) is 17.1. The first-order chi connectivity index (χ1) is 10.9. The lowest BCUT2D eigenvalue weighted by molar-refractivity contribution is -0.328. The van der Waals surface area contributed by atoms with Crippen molar-refractivity contribution in [2.45, 2.75) is 25.4 Å². The standard InChI is InChI=1S/C15H15F3N2O2S/c1-22-14(21)11-7-9-10(15(16,17)18)8-12(19-13(9)23-11)20-5-3-2-4-6-20/h7-8H,2-6H2,1H3/p+1. The molecule has 2 aromatic heterocycles. The molecular formula is C15H16F3N2O2S+. The number of hydrogen-bond donors (Lipinski definition) is 0. The maximum atomic E-state index is 13.4. The fourth-order valence-electron chi connectivity index (χ4n) is 2.79. The Hall–Kier alpha value is -1.83. The lowest BCUT2D eigenvalue weighted by atomic mass is 10.1. The van der Waals surface area contributed by atoms with Gasteiger partial charge >= 0.3 is 12.1 Å². The van der Waals surface area contributed by atoms with E-state index in [-0.39, 0.29) is 10.3 Å². The number of alkyl halides is 3. The summed E-state index contributed by atoms with van der Waals surface area (Å²) in [7, 11) is 1.21. The number of carbonyl (C=O) groups excluding carboxylic acids is 1. The first-order valence-corrected chi connectivity index (χ1v) is 8.12. The summed E-state index contributed by atoms with van der Waals surface area (Å²) >= 11 is 0.982. The van der Waals surface area contributed by atoms with Gasteiger partial charge in [0.2, 0.25) is 0 Å². The minimum Gasteiger partial charge on any atom is -0.465 e. The highest BCUT2D eigenvalue weighted by Crippen LogP contribution is 2.38. The average molecular weight is 345 g/mol. The van der Waals surface area contributed by atoms with E-state index in [1.54, 1.807) is 0 Å². The predicted octanol–water partition coefficient (Wildman–Crippen LogP) is 3.51.